The maximum absolute atomic E-state index is 11.4. The molecular formula is C23H15N3O2+2. The van der Waals surface area contributed by atoms with Crippen LogP contribution in [0.3, 0.4) is 0 Å². The van der Waals surface area contributed by atoms with Gasteiger partial charge in [-0.1, -0.05) is 12.1 Å². The molecule has 5 nitrogen and oxygen atoms in total. The van der Waals surface area contributed by atoms with Gasteiger partial charge in [0.05, 0.1) is 16.1 Å². The number of rotatable bonds is 1. The molecule has 2 aromatic carbocycles. The zero-order valence-corrected chi connectivity index (χ0v) is 14.8. The number of pyridine rings is 2. The molecule has 5 heteroatoms. The van der Waals surface area contributed by atoms with Crippen LogP contribution in [-0.4, -0.2) is 4.92 Å². The van der Waals surface area contributed by atoms with Crippen LogP contribution in [0.5, 0.6) is 0 Å². The van der Waals surface area contributed by atoms with Gasteiger partial charge in [-0.25, -0.2) is 0 Å². The Morgan fingerprint density at radius 1 is 0.714 bits per heavy atom. The highest BCUT2D eigenvalue weighted by molar-refractivity contribution is 5.74. The van der Waals surface area contributed by atoms with Gasteiger partial charge in [-0.05, 0) is 30.3 Å². The molecular weight excluding hydrogens is 350 g/mol. The van der Waals surface area contributed by atoms with E-state index in [1.807, 2.05) is 36.4 Å². The minimum atomic E-state index is -0.589. The fourth-order valence-corrected chi connectivity index (χ4v) is 4.84. The van der Waals surface area contributed by atoms with Crippen LogP contribution in [0.2, 0.25) is 0 Å². The van der Waals surface area contributed by atoms with Crippen LogP contribution >= 0.6 is 0 Å². The van der Waals surface area contributed by atoms with Crippen LogP contribution < -0.4 is 9.13 Å². The number of nitro groups is 1. The molecule has 0 aliphatic carbocycles. The van der Waals surface area contributed by atoms with E-state index in [9.17, 15) is 10.1 Å². The number of fused-ring (bicyclic) bond motifs is 10. The highest BCUT2D eigenvalue weighted by atomic mass is 16.6. The summed E-state index contributed by atoms with van der Waals surface area (Å²) < 4.78 is 4.51. The van der Waals surface area contributed by atoms with E-state index in [2.05, 4.69) is 51.9 Å². The summed E-state index contributed by atoms with van der Waals surface area (Å²) in [6.45, 7) is 0. The lowest BCUT2D eigenvalue weighted by molar-refractivity contribution is -0.955. The first-order valence-electron chi connectivity index (χ1n) is 9.14. The first kappa shape index (κ1) is 15.2. The molecule has 0 bridgehead atoms. The number of nitro benzene ring substituents is 1. The summed E-state index contributed by atoms with van der Waals surface area (Å²) in [6.07, 6.45) is 4.16. The van der Waals surface area contributed by atoms with Gasteiger partial charge in [0.15, 0.2) is 12.4 Å². The molecule has 1 unspecified atom stereocenters. The number of aromatic nitrogens is 2. The second-order valence-electron chi connectivity index (χ2n) is 7.12. The van der Waals surface area contributed by atoms with Crippen molar-refractivity contribution in [2.45, 2.75) is 5.66 Å². The van der Waals surface area contributed by atoms with E-state index in [0.29, 0.717) is 0 Å². The van der Waals surface area contributed by atoms with Gasteiger partial charge in [0.25, 0.3) is 5.69 Å². The molecule has 4 heterocycles. The SMILES string of the molecule is O=[N+]([O-])c1ccc2c(c1)-c1cccc[n+]1C21c2ccccc2-c2cccc[n+]21. The van der Waals surface area contributed by atoms with Crippen molar-refractivity contribution in [3.05, 3.63) is 112 Å². The van der Waals surface area contributed by atoms with Crippen molar-refractivity contribution in [1.29, 1.82) is 0 Å². The fourth-order valence-electron chi connectivity index (χ4n) is 4.84. The van der Waals surface area contributed by atoms with Crippen LogP contribution in [0.15, 0.2) is 91.3 Å². The van der Waals surface area contributed by atoms with E-state index in [-0.39, 0.29) is 10.6 Å². The zero-order chi connectivity index (χ0) is 18.9. The normalized spacial score (nSPS) is 17.7. The molecule has 2 aromatic heterocycles. The molecule has 4 aromatic rings. The van der Waals surface area contributed by atoms with E-state index < -0.39 is 5.66 Å². The molecule has 0 N–H and O–H groups in total. The minimum Gasteiger partial charge on any atom is -0.258 e. The number of non-ortho nitro benzene ring substituents is 1. The van der Waals surface area contributed by atoms with E-state index in [0.717, 1.165) is 22.5 Å². The average molecular weight is 365 g/mol. The Morgan fingerprint density at radius 3 is 2.04 bits per heavy atom. The first-order chi connectivity index (χ1) is 13.7. The number of nitrogens with zero attached hydrogens (tertiary/aromatic N) is 3. The van der Waals surface area contributed by atoms with Gasteiger partial charge in [-0.15, -0.1) is 9.13 Å². The van der Waals surface area contributed by atoms with Gasteiger partial charge in [0.1, 0.15) is 11.1 Å². The topological polar surface area (TPSA) is 50.9 Å². The quantitative estimate of drug-likeness (QED) is 0.255. The largest absolute Gasteiger partial charge is 0.417 e. The summed E-state index contributed by atoms with van der Waals surface area (Å²) in [7, 11) is 0. The van der Waals surface area contributed by atoms with Crippen LogP contribution in [-0.2, 0) is 5.66 Å². The Morgan fingerprint density at radius 2 is 1.32 bits per heavy atom. The molecule has 132 valence electrons. The maximum atomic E-state index is 11.4. The molecule has 0 amide bonds. The summed E-state index contributed by atoms with van der Waals surface area (Å²) in [5, 5.41) is 11.4. The van der Waals surface area contributed by atoms with Gasteiger partial charge in [0.2, 0.25) is 11.4 Å². The molecule has 0 saturated carbocycles. The van der Waals surface area contributed by atoms with Crippen molar-refractivity contribution in [3.8, 4) is 22.5 Å². The molecule has 2 aliphatic rings. The summed E-state index contributed by atoms with van der Waals surface area (Å²) in [5.74, 6) is 0. The van der Waals surface area contributed by atoms with E-state index in [1.54, 1.807) is 12.1 Å². The first-order valence-corrected chi connectivity index (χ1v) is 9.14. The second kappa shape index (κ2) is 5.10. The van der Waals surface area contributed by atoms with Crippen molar-refractivity contribution < 1.29 is 14.1 Å². The number of hydrogen-bond donors (Lipinski definition) is 0. The number of benzene rings is 2. The van der Waals surface area contributed by atoms with Gasteiger partial charge in [-0.2, -0.15) is 0 Å². The third kappa shape index (κ3) is 1.62. The van der Waals surface area contributed by atoms with Crippen molar-refractivity contribution >= 4 is 5.69 Å². The third-order valence-electron chi connectivity index (χ3n) is 5.86. The predicted molar refractivity (Wildman–Crippen MR) is 102 cm³/mol. The van der Waals surface area contributed by atoms with E-state index in [1.165, 1.54) is 11.1 Å². The summed E-state index contributed by atoms with van der Waals surface area (Å²) in [5.41, 5.74) is 5.92. The lowest BCUT2D eigenvalue weighted by Crippen LogP contribution is -2.71. The molecule has 0 saturated heterocycles. The molecule has 28 heavy (non-hydrogen) atoms. The molecule has 1 spiro atoms. The average Bonchev–Trinajstić information content (AvgIpc) is 3.21. The van der Waals surface area contributed by atoms with Crippen LogP contribution in [0.4, 0.5) is 5.69 Å². The third-order valence-corrected chi connectivity index (χ3v) is 5.86. The zero-order valence-electron chi connectivity index (χ0n) is 14.8. The maximum Gasteiger partial charge on any atom is 0.417 e. The van der Waals surface area contributed by atoms with Gasteiger partial charge in [0, 0.05) is 36.4 Å². The standard InChI is InChI=1S/C23H15N3O2/c27-26(28)16-11-12-20-18(15-16)22-10-4-6-14-25(22)23(20)19-8-2-1-7-17(19)21-9-3-5-13-24(21)23/h1-15H/q+2. The van der Waals surface area contributed by atoms with Gasteiger partial charge < -0.3 is 0 Å². The minimum absolute atomic E-state index is 0.107. The Kier molecular flexibility index (Phi) is 2.78. The molecule has 0 radical (unpaired) electrons. The Labute approximate surface area is 160 Å². The molecule has 2 aliphatic heterocycles. The Hall–Kier alpha value is -3.86. The summed E-state index contributed by atoms with van der Waals surface area (Å²) in [6, 6.07) is 25.8. The second-order valence-corrected chi connectivity index (χ2v) is 7.12. The lowest BCUT2D eigenvalue weighted by atomic mass is 9.89. The summed E-state index contributed by atoms with van der Waals surface area (Å²) >= 11 is 0. The monoisotopic (exact) mass is 365 g/mol. The highest BCUT2D eigenvalue weighted by Gasteiger charge is 2.66. The predicted octanol–water partition coefficient (Wildman–Crippen LogP) is 3.43. The van der Waals surface area contributed by atoms with E-state index >= 15 is 0 Å². The van der Waals surface area contributed by atoms with Crippen molar-refractivity contribution in [1.82, 2.24) is 0 Å². The van der Waals surface area contributed by atoms with Crippen LogP contribution in [0, 0.1) is 10.1 Å². The lowest BCUT2D eigenvalue weighted by Gasteiger charge is -2.16. The van der Waals surface area contributed by atoms with Gasteiger partial charge >= 0.3 is 5.66 Å². The molecule has 0 fully saturated rings. The smallest absolute Gasteiger partial charge is 0.258 e. The molecule has 1 atom stereocenters. The number of hydrogen-bond acceptors (Lipinski definition) is 2. The Bertz CT molecular complexity index is 1270. The van der Waals surface area contributed by atoms with Crippen molar-refractivity contribution in [2.75, 3.05) is 0 Å². The Balaban J connectivity index is 1.82. The molecule has 6 rings (SSSR count). The van der Waals surface area contributed by atoms with Crippen molar-refractivity contribution in [2.24, 2.45) is 0 Å². The van der Waals surface area contributed by atoms with Crippen molar-refractivity contribution in [3.63, 3.8) is 0 Å². The van der Waals surface area contributed by atoms with Crippen LogP contribution in [0.1, 0.15) is 11.1 Å². The highest BCUT2D eigenvalue weighted by Crippen LogP contribution is 2.47. The fraction of sp³-hybridized carbons (Fsp3) is 0.0435. The van der Waals surface area contributed by atoms with Crippen LogP contribution in [0.25, 0.3) is 22.5 Å². The summed E-state index contributed by atoms with van der Waals surface area (Å²) in [4.78, 5) is 11.1. The van der Waals surface area contributed by atoms with Gasteiger partial charge in [-0.3, -0.25) is 10.1 Å². The van der Waals surface area contributed by atoms with E-state index in [4.69, 9.17) is 0 Å².